The van der Waals surface area contributed by atoms with Crippen molar-refractivity contribution in [1.82, 2.24) is 0 Å². The highest BCUT2D eigenvalue weighted by atomic mass is 35.5. The van der Waals surface area contributed by atoms with Gasteiger partial charge < -0.3 is 5.21 Å². The number of para-hydroxylation sites is 1. The summed E-state index contributed by atoms with van der Waals surface area (Å²) in [6.45, 7) is 1.90. The summed E-state index contributed by atoms with van der Waals surface area (Å²) in [7, 11) is 0. The standard InChI is InChI=1S/C14H12ClNO/c1-11-12(6-5-9-14(11)15)10-16(17)13-7-3-2-4-8-13/h2-10H,1H3. The van der Waals surface area contributed by atoms with Gasteiger partial charge in [-0.1, -0.05) is 35.9 Å². The van der Waals surface area contributed by atoms with Crippen molar-refractivity contribution in [3.8, 4) is 0 Å². The van der Waals surface area contributed by atoms with Gasteiger partial charge in [0, 0.05) is 22.7 Å². The van der Waals surface area contributed by atoms with Gasteiger partial charge in [0.15, 0.2) is 6.21 Å². The van der Waals surface area contributed by atoms with Crippen LogP contribution in [-0.4, -0.2) is 11.0 Å². The van der Waals surface area contributed by atoms with Crippen molar-refractivity contribution in [3.63, 3.8) is 0 Å². The van der Waals surface area contributed by atoms with E-state index in [-0.39, 0.29) is 0 Å². The molecule has 0 spiro atoms. The average Bonchev–Trinajstić information content (AvgIpc) is 2.36. The van der Waals surface area contributed by atoms with E-state index in [1.165, 1.54) is 6.21 Å². The molecule has 0 N–H and O–H groups in total. The molecule has 0 bridgehead atoms. The Labute approximate surface area is 105 Å². The first-order chi connectivity index (χ1) is 8.18. The normalized spacial score (nSPS) is 11.5. The first-order valence-corrected chi connectivity index (χ1v) is 5.67. The highest BCUT2D eigenvalue weighted by Gasteiger charge is 2.04. The highest BCUT2D eigenvalue weighted by molar-refractivity contribution is 6.31. The summed E-state index contributed by atoms with van der Waals surface area (Å²) in [5, 5.41) is 12.6. The lowest BCUT2D eigenvalue weighted by Gasteiger charge is -2.05. The molecule has 0 aliphatic carbocycles. The van der Waals surface area contributed by atoms with Crippen molar-refractivity contribution in [1.29, 1.82) is 0 Å². The third-order valence-corrected chi connectivity index (χ3v) is 2.99. The average molecular weight is 246 g/mol. The van der Waals surface area contributed by atoms with Gasteiger partial charge in [-0.25, -0.2) is 0 Å². The minimum atomic E-state index is 0.604. The van der Waals surface area contributed by atoms with E-state index in [1.54, 1.807) is 12.1 Å². The second-order valence-electron chi connectivity index (χ2n) is 3.74. The Morgan fingerprint density at radius 3 is 2.47 bits per heavy atom. The molecule has 0 heterocycles. The molecule has 0 saturated heterocycles. The summed E-state index contributed by atoms with van der Waals surface area (Å²) in [5.74, 6) is 0. The third-order valence-electron chi connectivity index (χ3n) is 2.58. The van der Waals surface area contributed by atoms with Gasteiger partial charge in [-0.2, -0.15) is 4.74 Å². The molecule has 86 valence electrons. The Balaban J connectivity index is 2.40. The third kappa shape index (κ3) is 2.66. The fraction of sp³-hybridized carbons (Fsp3) is 0.0714. The number of halogens is 1. The van der Waals surface area contributed by atoms with Gasteiger partial charge in [-0.05, 0) is 24.6 Å². The summed E-state index contributed by atoms with van der Waals surface area (Å²) in [6, 6.07) is 14.6. The van der Waals surface area contributed by atoms with Gasteiger partial charge in [0.2, 0.25) is 5.69 Å². The predicted molar refractivity (Wildman–Crippen MR) is 71.1 cm³/mol. The van der Waals surface area contributed by atoms with Gasteiger partial charge in [-0.3, -0.25) is 0 Å². The molecule has 2 aromatic rings. The molecular formula is C14H12ClNO. The van der Waals surface area contributed by atoms with E-state index in [4.69, 9.17) is 11.6 Å². The SMILES string of the molecule is Cc1c(Cl)cccc1C=[N+]([O-])c1ccccc1. The Morgan fingerprint density at radius 2 is 1.76 bits per heavy atom. The summed E-state index contributed by atoms with van der Waals surface area (Å²) in [4.78, 5) is 0. The topological polar surface area (TPSA) is 26.1 Å². The van der Waals surface area contributed by atoms with Gasteiger partial charge in [-0.15, -0.1) is 0 Å². The fourth-order valence-electron chi connectivity index (χ4n) is 1.54. The molecule has 2 nitrogen and oxygen atoms in total. The molecule has 0 aromatic heterocycles. The van der Waals surface area contributed by atoms with Crippen LogP contribution in [-0.2, 0) is 0 Å². The van der Waals surface area contributed by atoms with Crippen LogP contribution in [0.5, 0.6) is 0 Å². The maximum Gasteiger partial charge on any atom is 0.216 e. The summed E-state index contributed by atoms with van der Waals surface area (Å²) in [5.41, 5.74) is 2.34. The van der Waals surface area contributed by atoms with Crippen LogP contribution < -0.4 is 0 Å². The van der Waals surface area contributed by atoms with E-state index >= 15 is 0 Å². The predicted octanol–water partition coefficient (Wildman–Crippen LogP) is 3.91. The van der Waals surface area contributed by atoms with Crippen molar-refractivity contribution in [2.24, 2.45) is 0 Å². The van der Waals surface area contributed by atoms with Crippen molar-refractivity contribution in [2.75, 3.05) is 0 Å². The second-order valence-corrected chi connectivity index (χ2v) is 4.15. The summed E-state index contributed by atoms with van der Waals surface area (Å²) >= 11 is 6.00. The van der Waals surface area contributed by atoms with E-state index in [0.717, 1.165) is 15.9 Å². The maximum atomic E-state index is 11.9. The van der Waals surface area contributed by atoms with Crippen LogP contribution >= 0.6 is 11.6 Å². The quantitative estimate of drug-likeness (QED) is 0.341. The number of hydrogen-bond acceptors (Lipinski definition) is 1. The number of rotatable bonds is 2. The Hall–Kier alpha value is -1.80. The van der Waals surface area contributed by atoms with Crippen LogP contribution in [0.25, 0.3) is 0 Å². The van der Waals surface area contributed by atoms with Crippen molar-refractivity contribution in [2.45, 2.75) is 6.92 Å². The minimum absolute atomic E-state index is 0.604. The Kier molecular flexibility index (Phi) is 3.45. The molecule has 0 aliphatic rings. The van der Waals surface area contributed by atoms with Crippen molar-refractivity contribution >= 4 is 23.5 Å². The first kappa shape index (κ1) is 11.7. The van der Waals surface area contributed by atoms with Gasteiger partial charge in [0.1, 0.15) is 0 Å². The number of benzene rings is 2. The zero-order chi connectivity index (χ0) is 12.3. The molecule has 0 unspecified atom stereocenters. The minimum Gasteiger partial charge on any atom is -0.618 e. The van der Waals surface area contributed by atoms with E-state index in [2.05, 4.69) is 0 Å². The second kappa shape index (κ2) is 5.02. The first-order valence-electron chi connectivity index (χ1n) is 5.30. The van der Waals surface area contributed by atoms with Crippen LogP contribution in [0.4, 0.5) is 5.69 Å². The van der Waals surface area contributed by atoms with E-state index < -0.39 is 0 Å². The van der Waals surface area contributed by atoms with Crippen LogP contribution in [0.3, 0.4) is 0 Å². The Bertz CT molecular complexity index is 549. The monoisotopic (exact) mass is 245 g/mol. The van der Waals surface area contributed by atoms with Crippen molar-refractivity contribution in [3.05, 3.63) is 69.9 Å². The van der Waals surface area contributed by atoms with Gasteiger partial charge in [0.25, 0.3) is 0 Å². The zero-order valence-electron chi connectivity index (χ0n) is 9.43. The molecule has 0 saturated carbocycles. The molecule has 0 amide bonds. The zero-order valence-corrected chi connectivity index (χ0v) is 10.2. The lowest BCUT2D eigenvalue weighted by Crippen LogP contribution is -2.00. The van der Waals surface area contributed by atoms with E-state index in [1.807, 2.05) is 43.3 Å². The molecule has 2 aromatic carbocycles. The maximum absolute atomic E-state index is 11.9. The number of hydrogen-bond donors (Lipinski definition) is 0. The fourth-order valence-corrected chi connectivity index (χ4v) is 1.72. The Morgan fingerprint density at radius 1 is 1.06 bits per heavy atom. The summed E-state index contributed by atoms with van der Waals surface area (Å²) in [6.07, 6.45) is 1.54. The highest BCUT2D eigenvalue weighted by Crippen LogP contribution is 2.18. The van der Waals surface area contributed by atoms with Crippen LogP contribution in [0.15, 0.2) is 48.5 Å². The van der Waals surface area contributed by atoms with Gasteiger partial charge in [0.05, 0.1) is 0 Å². The molecular weight excluding hydrogens is 234 g/mol. The molecule has 0 aliphatic heterocycles. The largest absolute Gasteiger partial charge is 0.618 e. The van der Waals surface area contributed by atoms with Crippen LogP contribution in [0, 0.1) is 12.1 Å². The molecule has 2 rings (SSSR count). The van der Waals surface area contributed by atoms with Crippen molar-refractivity contribution < 1.29 is 4.74 Å². The number of nitrogens with zero attached hydrogens (tertiary/aromatic N) is 1. The lowest BCUT2D eigenvalue weighted by molar-refractivity contribution is -0.354. The van der Waals surface area contributed by atoms with Crippen LogP contribution in [0.2, 0.25) is 5.02 Å². The molecule has 3 heteroatoms. The lowest BCUT2D eigenvalue weighted by atomic mass is 10.1. The van der Waals surface area contributed by atoms with E-state index in [9.17, 15) is 5.21 Å². The molecule has 0 radical (unpaired) electrons. The molecule has 17 heavy (non-hydrogen) atoms. The molecule has 0 atom stereocenters. The molecule has 0 fully saturated rings. The van der Waals surface area contributed by atoms with Crippen LogP contribution in [0.1, 0.15) is 11.1 Å². The van der Waals surface area contributed by atoms with Gasteiger partial charge >= 0.3 is 0 Å². The summed E-state index contributed by atoms with van der Waals surface area (Å²) < 4.78 is 0.846. The van der Waals surface area contributed by atoms with E-state index in [0.29, 0.717) is 10.7 Å². The smallest absolute Gasteiger partial charge is 0.216 e.